The molecule has 1 aliphatic rings. The summed E-state index contributed by atoms with van der Waals surface area (Å²) in [7, 11) is 0. The highest BCUT2D eigenvalue weighted by Gasteiger charge is 2.16. The molecule has 14 heavy (non-hydrogen) atoms. The molecule has 0 saturated carbocycles. The molecule has 4 nitrogen and oxygen atoms in total. The molecule has 0 spiro atoms. The van der Waals surface area contributed by atoms with Gasteiger partial charge in [-0.15, -0.1) is 0 Å². The summed E-state index contributed by atoms with van der Waals surface area (Å²) in [6.45, 7) is 3.41. The molecule has 2 N–H and O–H groups in total. The fourth-order valence-corrected chi connectivity index (χ4v) is 1.25. The minimum atomic E-state index is -0.173. The van der Waals surface area contributed by atoms with Gasteiger partial charge in [-0.3, -0.25) is 4.79 Å². The molecule has 0 aliphatic carbocycles. The summed E-state index contributed by atoms with van der Waals surface area (Å²) in [6, 6.07) is 4.97. The first-order chi connectivity index (χ1) is 6.66. The van der Waals surface area contributed by atoms with Crippen molar-refractivity contribution < 1.29 is 14.6 Å². The van der Waals surface area contributed by atoms with Gasteiger partial charge in [-0.05, 0) is 18.2 Å². The maximum atomic E-state index is 10.9. The Bertz CT molecular complexity index is 412. The van der Waals surface area contributed by atoms with E-state index >= 15 is 0 Å². The maximum absolute atomic E-state index is 10.9. The van der Waals surface area contributed by atoms with Crippen LogP contribution in [-0.2, 0) is 4.79 Å². The highest BCUT2D eigenvalue weighted by Crippen LogP contribution is 2.29. The van der Waals surface area contributed by atoms with Crippen LogP contribution < -0.4 is 10.1 Å². The van der Waals surface area contributed by atoms with Gasteiger partial charge in [0.2, 0.25) is 0 Å². The van der Waals surface area contributed by atoms with Crippen LogP contribution in [0.25, 0.3) is 5.76 Å². The van der Waals surface area contributed by atoms with Crippen LogP contribution in [0.1, 0.15) is 5.56 Å². The van der Waals surface area contributed by atoms with E-state index in [2.05, 4.69) is 11.9 Å². The number of fused-ring (bicyclic) bond motifs is 1. The number of hydrogen-bond acceptors (Lipinski definition) is 3. The van der Waals surface area contributed by atoms with Gasteiger partial charge in [0.1, 0.15) is 11.5 Å². The molecule has 0 radical (unpaired) electrons. The number of aliphatic hydroxyl groups is 1. The third-order valence-electron chi connectivity index (χ3n) is 1.95. The van der Waals surface area contributed by atoms with Gasteiger partial charge in [-0.2, -0.15) is 0 Å². The zero-order valence-electron chi connectivity index (χ0n) is 7.41. The number of benzene rings is 1. The molecule has 0 unspecified atom stereocenters. The van der Waals surface area contributed by atoms with E-state index in [-0.39, 0.29) is 18.3 Å². The Kier molecular flexibility index (Phi) is 1.89. The number of amides is 1. The van der Waals surface area contributed by atoms with Crippen molar-refractivity contribution in [2.45, 2.75) is 0 Å². The fraction of sp³-hybridized carbons (Fsp3) is 0.100. The Hall–Kier alpha value is -1.97. The van der Waals surface area contributed by atoms with Gasteiger partial charge in [0.05, 0.1) is 5.69 Å². The summed E-state index contributed by atoms with van der Waals surface area (Å²) in [5.74, 6) is 0.360. The van der Waals surface area contributed by atoms with E-state index in [4.69, 9.17) is 9.84 Å². The largest absolute Gasteiger partial charge is 0.508 e. The van der Waals surface area contributed by atoms with Gasteiger partial charge < -0.3 is 15.2 Å². The minimum Gasteiger partial charge on any atom is -0.508 e. The van der Waals surface area contributed by atoms with Crippen molar-refractivity contribution in [1.29, 1.82) is 0 Å². The quantitative estimate of drug-likeness (QED) is 0.662. The van der Waals surface area contributed by atoms with Crippen LogP contribution in [0, 0.1) is 0 Å². The lowest BCUT2D eigenvalue weighted by Crippen LogP contribution is -2.25. The molecule has 0 bridgehead atoms. The number of carbonyl (C=O) groups is 1. The SMILES string of the molecule is C=C(O)c1ccc2c(c1)OCC(=O)N2. The summed E-state index contributed by atoms with van der Waals surface area (Å²) < 4.78 is 5.16. The Morgan fingerprint density at radius 2 is 2.36 bits per heavy atom. The molecular formula is C10H9NO3. The Morgan fingerprint density at radius 1 is 1.57 bits per heavy atom. The fourth-order valence-electron chi connectivity index (χ4n) is 1.25. The zero-order valence-corrected chi connectivity index (χ0v) is 7.41. The lowest BCUT2D eigenvalue weighted by atomic mass is 10.1. The Morgan fingerprint density at radius 3 is 3.07 bits per heavy atom. The summed E-state index contributed by atoms with van der Waals surface area (Å²) >= 11 is 0. The third-order valence-corrected chi connectivity index (χ3v) is 1.95. The van der Waals surface area contributed by atoms with E-state index in [1.807, 2.05) is 0 Å². The standard InChI is InChI=1S/C10H9NO3/c1-6(12)7-2-3-8-9(4-7)14-5-10(13)11-8/h2-4,12H,1,5H2,(H,11,13). The molecule has 1 amide bonds. The highest BCUT2D eigenvalue weighted by molar-refractivity contribution is 5.95. The first-order valence-electron chi connectivity index (χ1n) is 4.12. The molecule has 0 fully saturated rings. The number of aliphatic hydroxyl groups excluding tert-OH is 1. The molecule has 0 aromatic heterocycles. The number of nitrogens with one attached hydrogen (secondary N) is 1. The monoisotopic (exact) mass is 191 g/mol. The molecule has 0 saturated heterocycles. The molecule has 72 valence electrons. The molecular weight excluding hydrogens is 182 g/mol. The summed E-state index contributed by atoms with van der Waals surface area (Å²) in [5, 5.41) is 11.8. The molecule has 1 aromatic carbocycles. The Balaban J connectivity index is 2.41. The minimum absolute atomic E-state index is 0.00829. The average Bonchev–Trinajstić information content (AvgIpc) is 2.16. The van der Waals surface area contributed by atoms with Crippen LogP contribution >= 0.6 is 0 Å². The summed E-state index contributed by atoms with van der Waals surface area (Å²) in [6.07, 6.45) is 0. The molecule has 1 aliphatic heterocycles. The van der Waals surface area contributed by atoms with Crippen molar-refractivity contribution >= 4 is 17.4 Å². The second-order valence-corrected chi connectivity index (χ2v) is 2.99. The van der Waals surface area contributed by atoms with E-state index in [1.165, 1.54) is 0 Å². The van der Waals surface area contributed by atoms with Crippen molar-refractivity contribution in [1.82, 2.24) is 0 Å². The van der Waals surface area contributed by atoms with Gasteiger partial charge in [-0.25, -0.2) is 0 Å². The van der Waals surface area contributed by atoms with E-state index in [0.29, 0.717) is 17.0 Å². The lowest BCUT2D eigenvalue weighted by Gasteiger charge is -2.18. The number of rotatable bonds is 1. The van der Waals surface area contributed by atoms with Crippen molar-refractivity contribution in [2.75, 3.05) is 11.9 Å². The van der Waals surface area contributed by atoms with Gasteiger partial charge in [0.25, 0.3) is 5.91 Å². The first-order valence-corrected chi connectivity index (χ1v) is 4.12. The van der Waals surface area contributed by atoms with Gasteiger partial charge >= 0.3 is 0 Å². The van der Waals surface area contributed by atoms with Crippen molar-refractivity contribution in [2.24, 2.45) is 0 Å². The first kappa shape index (κ1) is 8.62. The van der Waals surface area contributed by atoms with Crippen molar-refractivity contribution in [3.05, 3.63) is 30.3 Å². The molecule has 2 rings (SSSR count). The average molecular weight is 191 g/mol. The van der Waals surface area contributed by atoms with Crippen molar-refractivity contribution in [3.8, 4) is 5.75 Å². The number of ether oxygens (including phenoxy) is 1. The second kappa shape index (κ2) is 3.06. The number of hydrogen-bond donors (Lipinski definition) is 2. The molecule has 0 atom stereocenters. The highest BCUT2D eigenvalue weighted by atomic mass is 16.5. The van der Waals surface area contributed by atoms with E-state index in [1.54, 1.807) is 18.2 Å². The topological polar surface area (TPSA) is 58.6 Å². The van der Waals surface area contributed by atoms with Crippen LogP contribution in [0.15, 0.2) is 24.8 Å². The number of carbonyl (C=O) groups excluding carboxylic acids is 1. The summed E-state index contributed by atoms with van der Waals surface area (Å²) in [5.41, 5.74) is 1.20. The normalized spacial score (nSPS) is 13.9. The molecule has 1 heterocycles. The van der Waals surface area contributed by atoms with Crippen LogP contribution in [0.4, 0.5) is 5.69 Å². The van der Waals surface area contributed by atoms with Gasteiger partial charge in [0, 0.05) is 5.56 Å². The lowest BCUT2D eigenvalue weighted by molar-refractivity contribution is -0.118. The van der Waals surface area contributed by atoms with Gasteiger partial charge in [0.15, 0.2) is 6.61 Å². The van der Waals surface area contributed by atoms with Gasteiger partial charge in [-0.1, -0.05) is 6.58 Å². The number of anilines is 1. The van der Waals surface area contributed by atoms with Crippen LogP contribution in [0.3, 0.4) is 0 Å². The van der Waals surface area contributed by atoms with Crippen LogP contribution in [-0.4, -0.2) is 17.6 Å². The third kappa shape index (κ3) is 1.42. The summed E-state index contributed by atoms with van der Waals surface area (Å²) in [4.78, 5) is 10.9. The van der Waals surface area contributed by atoms with E-state index < -0.39 is 0 Å². The van der Waals surface area contributed by atoms with E-state index in [0.717, 1.165) is 0 Å². The molecule has 1 aromatic rings. The Labute approximate surface area is 80.8 Å². The van der Waals surface area contributed by atoms with Crippen molar-refractivity contribution in [3.63, 3.8) is 0 Å². The predicted molar refractivity (Wildman–Crippen MR) is 52.2 cm³/mol. The van der Waals surface area contributed by atoms with E-state index in [9.17, 15) is 4.79 Å². The smallest absolute Gasteiger partial charge is 0.262 e. The van der Waals surface area contributed by atoms with Crippen LogP contribution in [0.5, 0.6) is 5.75 Å². The molecule has 4 heteroatoms. The van der Waals surface area contributed by atoms with Crippen LogP contribution in [0.2, 0.25) is 0 Å². The second-order valence-electron chi connectivity index (χ2n) is 2.99. The maximum Gasteiger partial charge on any atom is 0.262 e. The zero-order chi connectivity index (χ0) is 10.1. The predicted octanol–water partition coefficient (Wildman–Crippen LogP) is 1.55.